The van der Waals surface area contributed by atoms with Gasteiger partial charge in [-0.1, -0.05) is 6.92 Å². The third kappa shape index (κ3) is 3.44. The molecule has 0 aliphatic carbocycles. The van der Waals surface area contributed by atoms with Gasteiger partial charge in [-0.3, -0.25) is 4.79 Å². The van der Waals surface area contributed by atoms with E-state index >= 15 is 0 Å². The summed E-state index contributed by atoms with van der Waals surface area (Å²) in [5.41, 5.74) is 0. The fourth-order valence-corrected chi connectivity index (χ4v) is 2.57. The van der Waals surface area contributed by atoms with Crippen molar-refractivity contribution in [3.05, 3.63) is 0 Å². The number of hydrogen-bond acceptors (Lipinski definition) is 5. The zero-order chi connectivity index (χ0) is 12.1. The van der Waals surface area contributed by atoms with Crippen molar-refractivity contribution in [2.45, 2.75) is 19.1 Å². The number of ether oxygens (including phenoxy) is 1. The smallest absolute Gasteiger partial charge is 0.325 e. The lowest BCUT2D eigenvalue weighted by Gasteiger charge is -2.22. The van der Waals surface area contributed by atoms with E-state index in [0.29, 0.717) is 0 Å². The topological polar surface area (TPSA) is 83.9 Å². The van der Waals surface area contributed by atoms with Crippen LogP contribution in [0.1, 0.15) is 13.8 Å². The average molecular weight is 239 g/mol. The highest BCUT2D eigenvalue weighted by Gasteiger charge is 2.33. The summed E-state index contributed by atoms with van der Waals surface area (Å²) in [7, 11) is -2.59. The summed E-state index contributed by atoms with van der Waals surface area (Å²) >= 11 is 0. The Morgan fingerprint density at radius 2 is 2.07 bits per heavy atom. The summed E-state index contributed by atoms with van der Waals surface area (Å²) in [6.45, 7) is 2.82. The molecule has 0 aliphatic rings. The molecule has 0 aliphatic heterocycles. The quantitative estimate of drug-likeness (QED) is 0.613. The molecule has 0 saturated heterocycles. The molecule has 0 heterocycles. The SMILES string of the molecule is CCN(CCO)S(=O)(=O)C(C)C(=O)OC. The average Bonchev–Trinajstić information content (AvgIpc) is 2.23. The number of carbonyl (C=O) groups excluding carboxylic acids is 1. The minimum atomic E-state index is -3.73. The first-order chi connectivity index (χ1) is 6.91. The zero-order valence-corrected chi connectivity index (χ0v) is 9.95. The molecule has 7 heteroatoms. The van der Waals surface area contributed by atoms with Crippen molar-refractivity contribution in [3.8, 4) is 0 Å². The molecule has 1 N–H and O–H groups in total. The maximum Gasteiger partial charge on any atom is 0.325 e. The lowest BCUT2D eigenvalue weighted by atomic mass is 10.5. The van der Waals surface area contributed by atoms with Gasteiger partial charge in [0.2, 0.25) is 10.0 Å². The molecule has 1 atom stereocenters. The van der Waals surface area contributed by atoms with Gasteiger partial charge in [-0.05, 0) is 6.92 Å². The summed E-state index contributed by atoms with van der Waals surface area (Å²) in [6.07, 6.45) is 0. The fourth-order valence-electron chi connectivity index (χ4n) is 1.09. The van der Waals surface area contributed by atoms with Crippen molar-refractivity contribution in [1.82, 2.24) is 4.31 Å². The van der Waals surface area contributed by atoms with Gasteiger partial charge in [0.25, 0.3) is 0 Å². The summed E-state index contributed by atoms with van der Waals surface area (Å²) in [5.74, 6) is -0.800. The van der Waals surface area contributed by atoms with Gasteiger partial charge in [0.1, 0.15) is 0 Å². The second kappa shape index (κ2) is 6.04. The van der Waals surface area contributed by atoms with Crippen LogP contribution in [0.25, 0.3) is 0 Å². The molecule has 0 fully saturated rings. The standard InChI is InChI=1S/C8H17NO5S/c1-4-9(5-6-10)15(12,13)7(2)8(11)14-3/h7,10H,4-6H2,1-3H3. The molecule has 0 bridgehead atoms. The predicted octanol–water partition coefficient (Wildman–Crippen LogP) is -0.808. The number of rotatable bonds is 6. The second-order valence-corrected chi connectivity index (χ2v) is 5.18. The van der Waals surface area contributed by atoms with Gasteiger partial charge < -0.3 is 9.84 Å². The number of hydrogen-bond donors (Lipinski definition) is 1. The highest BCUT2D eigenvalue weighted by Crippen LogP contribution is 2.09. The van der Waals surface area contributed by atoms with E-state index in [1.807, 2.05) is 0 Å². The summed E-state index contributed by atoms with van der Waals surface area (Å²) in [4.78, 5) is 11.1. The summed E-state index contributed by atoms with van der Waals surface area (Å²) < 4.78 is 28.9. The molecule has 0 aromatic heterocycles. The molecule has 15 heavy (non-hydrogen) atoms. The normalized spacial score (nSPS) is 13.9. The predicted molar refractivity (Wildman–Crippen MR) is 54.7 cm³/mol. The first kappa shape index (κ1) is 14.3. The van der Waals surface area contributed by atoms with E-state index < -0.39 is 21.2 Å². The Hall–Kier alpha value is -0.660. The van der Waals surface area contributed by atoms with Gasteiger partial charge in [0.15, 0.2) is 5.25 Å². The number of sulfonamides is 1. The Kier molecular flexibility index (Phi) is 5.77. The van der Waals surface area contributed by atoms with Crippen LogP contribution in [0.5, 0.6) is 0 Å². The number of aliphatic hydroxyl groups excluding tert-OH is 1. The van der Waals surface area contributed by atoms with Crippen LogP contribution in [0.3, 0.4) is 0 Å². The Labute approximate surface area is 89.9 Å². The minimum absolute atomic E-state index is 0.0137. The van der Waals surface area contributed by atoms with Crippen LogP contribution in [0.2, 0.25) is 0 Å². The Morgan fingerprint density at radius 1 is 1.53 bits per heavy atom. The molecule has 0 rings (SSSR count). The van der Waals surface area contributed by atoms with Crippen LogP contribution in [0.15, 0.2) is 0 Å². The molecule has 0 spiro atoms. The summed E-state index contributed by atoms with van der Waals surface area (Å²) in [6, 6.07) is 0. The number of likely N-dealkylation sites (N-methyl/N-ethyl adjacent to an activating group) is 1. The molecule has 0 aromatic rings. The first-order valence-corrected chi connectivity index (χ1v) is 6.09. The Bertz CT molecular complexity index is 300. The van der Waals surface area contributed by atoms with Gasteiger partial charge in [-0.25, -0.2) is 8.42 Å². The number of aliphatic hydroxyl groups is 1. The van der Waals surface area contributed by atoms with E-state index in [9.17, 15) is 13.2 Å². The number of esters is 1. The third-order valence-corrected chi connectivity index (χ3v) is 4.29. The first-order valence-electron chi connectivity index (χ1n) is 4.59. The number of carbonyl (C=O) groups is 1. The number of methoxy groups -OCH3 is 1. The highest BCUT2D eigenvalue weighted by molar-refractivity contribution is 7.90. The van der Waals surface area contributed by atoms with E-state index in [2.05, 4.69) is 4.74 Å². The molecule has 0 amide bonds. The van der Waals surface area contributed by atoms with Gasteiger partial charge >= 0.3 is 5.97 Å². The number of nitrogens with zero attached hydrogens (tertiary/aromatic N) is 1. The van der Waals surface area contributed by atoms with Crippen molar-refractivity contribution < 1.29 is 23.1 Å². The molecule has 90 valence electrons. The Balaban J connectivity index is 4.85. The monoisotopic (exact) mass is 239 g/mol. The van der Waals surface area contributed by atoms with E-state index in [-0.39, 0.29) is 19.7 Å². The van der Waals surface area contributed by atoms with Crippen molar-refractivity contribution in [1.29, 1.82) is 0 Å². The minimum Gasteiger partial charge on any atom is -0.468 e. The Morgan fingerprint density at radius 3 is 2.40 bits per heavy atom. The van der Waals surface area contributed by atoms with Crippen LogP contribution in [-0.2, 0) is 19.6 Å². The van der Waals surface area contributed by atoms with Crippen LogP contribution in [0, 0.1) is 0 Å². The van der Waals surface area contributed by atoms with Crippen molar-refractivity contribution >= 4 is 16.0 Å². The molecule has 1 unspecified atom stereocenters. The zero-order valence-electron chi connectivity index (χ0n) is 9.13. The van der Waals surface area contributed by atoms with Gasteiger partial charge in [-0.15, -0.1) is 0 Å². The maximum absolute atomic E-state index is 11.8. The fraction of sp³-hybridized carbons (Fsp3) is 0.875. The van der Waals surface area contributed by atoms with E-state index in [1.54, 1.807) is 6.92 Å². The largest absolute Gasteiger partial charge is 0.468 e. The van der Waals surface area contributed by atoms with Crippen LogP contribution < -0.4 is 0 Å². The molecule has 0 aromatic carbocycles. The molecule has 0 saturated carbocycles. The van der Waals surface area contributed by atoms with Crippen molar-refractivity contribution in [2.75, 3.05) is 26.8 Å². The molecular weight excluding hydrogens is 222 g/mol. The van der Waals surface area contributed by atoms with Crippen molar-refractivity contribution in [2.24, 2.45) is 0 Å². The van der Waals surface area contributed by atoms with E-state index in [0.717, 1.165) is 11.4 Å². The summed E-state index contributed by atoms with van der Waals surface area (Å²) in [5, 5.41) is 7.44. The third-order valence-electron chi connectivity index (χ3n) is 2.04. The lowest BCUT2D eigenvalue weighted by molar-refractivity contribution is -0.139. The molecule has 6 nitrogen and oxygen atoms in total. The van der Waals surface area contributed by atoms with Crippen molar-refractivity contribution in [3.63, 3.8) is 0 Å². The van der Waals surface area contributed by atoms with Crippen LogP contribution in [0.4, 0.5) is 0 Å². The van der Waals surface area contributed by atoms with Crippen LogP contribution >= 0.6 is 0 Å². The molecular formula is C8H17NO5S. The van der Waals surface area contributed by atoms with Crippen LogP contribution in [-0.4, -0.2) is 55.9 Å². The van der Waals surface area contributed by atoms with E-state index in [1.165, 1.54) is 6.92 Å². The molecule has 0 radical (unpaired) electrons. The van der Waals surface area contributed by atoms with Gasteiger partial charge in [0.05, 0.1) is 13.7 Å². The second-order valence-electron chi connectivity index (χ2n) is 2.93. The lowest BCUT2D eigenvalue weighted by Crippen LogP contribution is -2.42. The van der Waals surface area contributed by atoms with Gasteiger partial charge in [-0.2, -0.15) is 4.31 Å². The highest BCUT2D eigenvalue weighted by atomic mass is 32.2. The van der Waals surface area contributed by atoms with Gasteiger partial charge in [0, 0.05) is 13.1 Å². The van der Waals surface area contributed by atoms with E-state index in [4.69, 9.17) is 5.11 Å². The maximum atomic E-state index is 11.8.